The number of amides is 1. The Labute approximate surface area is 159 Å². The topological polar surface area (TPSA) is 51.2 Å². The molecule has 1 amide bonds. The minimum absolute atomic E-state index is 0.230. The Morgan fingerprint density at radius 3 is 2.68 bits per heavy atom. The number of carbonyl (C=O) groups excluding carboxylic acids is 1. The van der Waals surface area contributed by atoms with Crippen molar-refractivity contribution in [3.63, 3.8) is 0 Å². The summed E-state index contributed by atoms with van der Waals surface area (Å²) >= 11 is 4.80. The van der Waals surface area contributed by atoms with E-state index in [9.17, 15) is 4.79 Å². The Bertz CT molecular complexity index is 937. The summed E-state index contributed by atoms with van der Waals surface area (Å²) < 4.78 is 5.88. The maximum atomic E-state index is 12.5. The zero-order valence-electron chi connectivity index (χ0n) is 14.1. The number of aromatic nitrogens is 1. The molecule has 6 heteroatoms. The first-order chi connectivity index (χ1) is 12.0. The van der Waals surface area contributed by atoms with Gasteiger partial charge in [0.15, 0.2) is 5.13 Å². The second-order valence-corrected chi connectivity index (χ2v) is 7.35. The van der Waals surface area contributed by atoms with E-state index in [1.807, 2.05) is 11.4 Å². The number of nitrogens with zero attached hydrogens (tertiary/aromatic N) is 1. The summed E-state index contributed by atoms with van der Waals surface area (Å²) in [5.74, 6) is 0.398. The summed E-state index contributed by atoms with van der Waals surface area (Å²) in [4.78, 5) is 17.0. The lowest BCUT2D eigenvalue weighted by Gasteiger charge is -2.07. The zero-order chi connectivity index (χ0) is 18.0. The van der Waals surface area contributed by atoms with Gasteiger partial charge in [0.2, 0.25) is 0 Å². The summed E-state index contributed by atoms with van der Waals surface area (Å²) in [6.07, 6.45) is 0. The molecule has 3 rings (SSSR count). The first kappa shape index (κ1) is 17.6. The van der Waals surface area contributed by atoms with Crippen molar-refractivity contribution in [1.29, 1.82) is 0 Å². The summed E-state index contributed by atoms with van der Waals surface area (Å²) in [5, 5.41) is 5.36. The molecule has 0 saturated carbocycles. The fourth-order valence-corrected chi connectivity index (χ4v) is 3.48. The minimum Gasteiger partial charge on any atom is -0.497 e. The number of hydrogen-bond donors (Lipinski definition) is 1. The highest BCUT2D eigenvalue weighted by atomic mass is 79.9. The maximum absolute atomic E-state index is 12.5. The van der Waals surface area contributed by atoms with Gasteiger partial charge in [-0.2, -0.15) is 0 Å². The minimum atomic E-state index is -0.230. The molecular weight excluding hydrogens is 400 g/mol. The SMILES string of the molecule is COc1ccc(Br)c(C(=O)Nc2nc(-c3ccc(C)c(C)c3)cs2)c1. The van der Waals surface area contributed by atoms with E-state index in [1.54, 1.807) is 25.3 Å². The van der Waals surface area contributed by atoms with Gasteiger partial charge >= 0.3 is 0 Å². The van der Waals surface area contributed by atoms with Crippen LogP contribution in [0.25, 0.3) is 11.3 Å². The lowest BCUT2D eigenvalue weighted by Crippen LogP contribution is -2.12. The molecule has 3 aromatic rings. The standard InChI is InChI=1S/C19H17BrN2O2S/c1-11-4-5-13(8-12(11)2)17-10-25-19(21-17)22-18(23)15-9-14(24-3)6-7-16(15)20/h4-10H,1-3H3,(H,21,22,23). The number of halogens is 1. The Morgan fingerprint density at radius 2 is 1.96 bits per heavy atom. The number of nitrogens with one attached hydrogen (secondary N) is 1. The van der Waals surface area contributed by atoms with E-state index in [0.717, 1.165) is 11.3 Å². The average Bonchev–Trinajstić information content (AvgIpc) is 3.06. The van der Waals surface area contributed by atoms with Gasteiger partial charge in [0.1, 0.15) is 5.75 Å². The van der Waals surface area contributed by atoms with Gasteiger partial charge in [-0.1, -0.05) is 12.1 Å². The smallest absolute Gasteiger partial charge is 0.258 e. The van der Waals surface area contributed by atoms with Crippen molar-refractivity contribution in [2.24, 2.45) is 0 Å². The van der Waals surface area contributed by atoms with Gasteiger partial charge in [-0.3, -0.25) is 10.1 Å². The molecule has 0 fully saturated rings. The van der Waals surface area contributed by atoms with Crippen molar-refractivity contribution in [3.05, 3.63) is 62.9 Å². The molecule has 4 nitrogen and oxygen atoms in total. The van der Waals surface area contributed by atoms with Crippen LogP contribution >= 0.6 is 27.3 Å². The monoisotopic (exact) mass is 416 g/mol. The Balaban J connectivity index is 1.81. The van der Waals surface area contributed by atoms with E-state index >= 15 is 0 Å². The summed E-state index contributed by atoms with van der Waals surface area (Å²) in [6, 6.07) is 11.5. The number of thiazole rings is 1. The third-order valence-electron chi connectivity index (χ3n) is 3.95. The van der Waals surface area contributed by atoms with Gasteiger partial charge in [0, 0.05) is 15.4 Å². The van der Waals surface area contributed by atoms with Gasteiger partial charge in [0.25, 0.3) is 5.91 Å². The fourth-order valence-electron chi connectivity index (χ4n) is 2.33. The van der Waals surface area contributed by atoms with Crippen LogP contribution in [0.2, 0.25) is 0 Å². The summed E-state index contributed by atoms with van der Waals surface area (Å²) in [6.45, 7) is 4.16. The number of anilines is 1. The van der Waals surface area contributed by atoms with Crippen molar-refractivity contribution in [1.82, 2.24) is 4.98 Å². The first-order valence-electron chi connectivity index (χ1n) is 7.66. The van der Waals surface area contributed by atoms with E-state index < -0.39 is 0 Å². The molecule has 0 aliphatic heterocycles. The van der Waals surface area contributed by atoms with Crippen LogP contribution in [-0.4, -0.2) is 18.0 Å². The third-order valence-corrected chi connectivity index (χ3v) is 5.39. The van der Waals surface area contributed by atoms with Crippen LogP contribution in [-0.2, 0) is 0 Å². The Morgan fingerprint density at radius 1 is 1.16 bits per heavy atom. The molecule has 0 unspecified atom stereocenters. The van der Waals surface area contributed by atoms with Gasteiger partial charge in [0.05, 0.1) is 18.4 Å². The number of benzene rings is 2. The van der Waals surface area contributed by atoms with E-state index in [-0.39, 0.29) is 5.91 Å². The van der Waals surface area contributed by atoms with Crippen LogP contribution in [0.4, 0.5) is 5.13 Å². The van der Waals surface area contributed by atoms with Crippen LogP contribution in [0.5, 0.6) is 5.75 Å². The number of rotatable bonds is 4. The van der Waals surface area contributed by atoms with Crippen LogP contribution < -0.4 is 10.1 Å². The number of carbonyl (C=O) groups is 1. The molecule has 0 spiro atoms. The van der Waals surface area contributed by atoms with Gasteiger partial charge in [-0.05, 0) is 65.2 Å². The van der Waals surface area contributed by atoms with E-state index in [1.165, 1.54) is 22.5 Å². The molecule has 0 atom stereocenters. The molecule has 128 valence electrons. The first-order valence-corrected chi connectivity index (χ1v) is 9.33. The maximum Gasteiger partial charge on any atom is 0.258 e. The van der Waals surface area contributed by atoms with Crippen molar-refractivity contribution in [2.45, 2.75) is 13.8 Å². The molecule has 25 heavy (non-hydrogen) atoms. The van der Waals surface area contributed by atoms with Crippen molar-refractivity contribution >= 4 is 38.3 Å². The second-order valence-electron chi connectivity index (χ2n) is 5.64. The van der Waals surface area contributed by atoms with Gasteiger partial charge in [-0.15, -0.1) is 11.3 Å². The van der Waals surface area contributed by atoms with Crippen molar-refractivity contribution in [3.8, 4) is 17.0 Å². The number of methoxy groups -OCH3 is 1. The Kier molecular flexibility index (Phi) is 5.20. The van der Waals surface area contributed by atoms with Crippen LogP contribution in [0.3, 0.4) is 0 Å². The predicted molar refractivity (Wildman–Crippen MR) is 106 cm³/mol. The van der Waals surface area contributed by atoms with Crippen LogP contribution in [0, 0.1) is 13.8 Å². The molecule has 0 aliphatic carbocycles. The fraction of sp³-hybridized carbons (Fsp3) is 0.158. The molecular formula is C19H17BrN2O2S. The normalized spacial score (nSPS) is 10.6. The average molecular weight is 417 g/mol. The molecule has 0 aliphatic rings. The molecule has 1 N–H and O–H groups in total. The largest absolute Gasteiger partial charge is 0.497 e. The van der Waals surface area contributed by atoms with Crippen LogP contribution in [0.1, 0.15) is 21.5 Å². The number of aryl methyl sites for hydroxylation is 2. The summed E-state index contributed by atoms with van der Waals surface area (Å²) in [7, 11) is 1.57. The van der Waals surface area contributed by atoms with E-state index in [4.69, 9.17) is 4.74 Å². The molecule has 1 heterocycles. The molecule has 2 aromatic carbocycles. The third kappa shape index (κ3) is 3.91. The number of ether oxygens (including phenoxy) is 1. The lowest BCUT2D eigenvalue weighted by molar-refractivity contribution is 0.102. The number of hydrogen-bond acceptors (Lipinski definition) is 4. The van der Waals surface area contributed by atoms with Crippen molar-refractivity contribution < 1.29 is 9.53 Å². The molecule has 0 bridgehead atoms. The Hall–Kier alpha value is -2.18. The summed E-state index contributed by atoms with van der Waals surface area (Å²) in [5.41, 5.74) is 4.87. The van der Waals surface area contributed by atoms with Crippen LogP contribution in [0.15, 0.2) is 46.3 Å². The van der Waals surface area contributed by atoms with Gasteiger partial charge < -0.3 is 4.74 Å². The van der Waals surface area contributed by atoms with Gasteiger partial charge in [-0.25, -0.2) is 4.98 Å². The van der Waals surface area contributed by atoms with E-state index in [0.29, 0.717) is 20.9 Å². The highest BCUT2D eigenvalue weighted by Crippen LogP contribution is 2.28. The second kappa shape index (κ2) is 7.37. The highest BCUT2D eigenvalue weighted by molar-refractivity contribution is 9.10. The quantitative estimate of drug-likeness (QED) is 0.614. The molecule has 1 aromatic heterocycles. The zero-order valence-corrected chi connectivity index (χ0v) is 16.5. The van der Waals surface area contributed by atoms with Crippen molar-refractivity contribution in [2.75, 3.05) is 12.4 Å². The predicted octanol–water partition coefficient (Wildman–Crippen LogP) is 5.45. The lowest BCUT2D eigenvalue weighted by atomic mass is 10.1. The highest BCUT2D eigenvalue weighted by Gasteiger charge is 2.14. The molecule has 0 saturated heterocycles. The molecule has 0 radical (unpaired) electrons. The van der Waals surface area contributed by atoms with E-state index in [2.05, 4.69) is 52.2 Å².